The molecule has 12 heavy (non-hydrogen) atoms. The Morgan fingerprint density at radius 1 is 1.25 bits per heavy atom. The smallest absolute Gasteiger partial charge is 0.186 e. The van der Waals surface area contributed by atoms with Gasteiger partial charge in [-0.05, 0) is 13.8 Å². The number of ether oxygens (including phenoxy) is 1. The van der Waals surface area contributed by atoms with Gasteiger partial charge in [0, 0.05) is 0 Å². The third kappa shape index (κ3) is 1.34. The first kappa shape index (κ1) is 9.88. The Bertz CT molecular complexity index is 169. The first-order chi connectivity index (χ1) is 5.37. The monoisotopic (exact) mass is 178 g/mol. The molecule has 5 heteroatoms. The van der Waals surface area contributed by atoms with Crippen molar-refractivity contribution >= 4 is 0 Å². The lowest BCUT2D eigenvalue weighted by Crippen LogP contribution is -2.63. The molecule has 0 aromatic rings. The average molecular weight is 178 g/mol. The quantitative estimate of drug-likeness (QED) is 0.351. The SMILES string of the molecule is C[C@H]1O[C@H](O)[C@](C)(O)[C@@H](O)[C@H]1O. The van der Waals surface area contributed by atoms with Crippen molar-refractivity contribution in [2.75, 3.05) is 0 Å². The van der Waals surface area contributed by atoms with Crippen LogP contribution in [0.3, 0.4) is 0 Å². The van der Waals surface area contributed by atoms with Crippen LogP contribution in [0.25, 0.3) is 0 Å². The van der Waals surface area contributed by atoms with Gasteiger partial charge in [-0.1, -0.05) is 0 Å². The van der Waals surface area contributed by atoms with E-state index in [-0.39, 0.29) is 0 Å². The van der Waals surface area contributed by atoms with Gasteiger partial charge in [0.25, 0.3) is 0 Å². The van der Waals surface area contributed by atoms with Crippen LogP contribution in [0.5, 0.6) is 0 Å². The summed E-state index contributed by atoms with van der Waals surface area (Å²) in [4.78, 5) is 0. The Morgan fingerprint density at radius 3 is 2.25 bits per heavy atom. The van der Waals surface area contributed by atoms with E-state index in [0.717, 1.165) is 0 Å². The van der Waals surface area contributed by atoms with Crippen molar-refractivity contribution in [1.82, 2.24) is 0 Å². The van der Waals surface area contributed by atoms with Crippen molar-refractivity contribution in [1.29, 1.82) is 0 Å². The van der Waals surface area contributed by atoms with Crippen LogP contribution in [0.4, 0.5) is 0 Å². The number of rotatable bonds is 0. The molecule has 0 aromatic heterocycles. The van der Waals surface area contributed by atoms with E-state index < -0.39 is 30.2 Å². The molecule has 4 N–H and O–H groups in total. The highest BCUT2D eigenvalue weighted by Gasteiger charge is 2.49. The van der Waals surface area contributed by atoms with Crippen LogP contribution in [0.15, 0.2) is 0 Å². The first-order valence-corrected chi connectivity index (χ1v) is 3.79. The van der Waals surface area contributed by atoms with Gasteiger partial charge in [0.05, 0.1) is 6.10 Å². The fraction of sp³-hybridized carbons (Fsp3) is 1.00. The average Bonchev–Trinajstić information content (AvgIpc) is 1.99. The fourth-order valence-electron chi connectivity index (χ4n) is 1.17. The van der Waals surface area contributed by atoms with Crippen molar-refractivity contribution in [3.8, 4) is 0 Å². The lowest BCUT2D eigenvalue weighted by atomic mass is 9.89. The lowest BCUT2D eigenvalue weighted by Gasteiger charge is -2.43. The zero-order chi connectivity index (χ0) is 9.52. The highest BCUT2D eigenvalue weighted by atomic mass is 16.6. The largest absolute Gasteiger partial charge is 0.388 e. The summed E-state index contributed by atoms with van der Waals surface area (Å²) in [6.45, 7) is 2.71. The maximum Gasteiger partial charge on any atom is 0.186 e. The molecular weight excluding hydrogens is 164 g/mol. The van der Waals surface area contributed by atoms with Gasteiger partial charge in [-0.3, -0.25) is 0 Å². The fourth-order valence-corrected chi connectivity index (χ4v) is 1.17. The number of aliphatic hydroxyl groups excluding tert-OH is 3. The standard InChI is InChI=1S/C7H14O5/c1-3-4(8)5(9)7(2,11)6(10)12-3/h3-6,8-11H,1-2H3/t3-,4+,5+,6+,7-/m1/s1. The second-order valence-corrected chi connectivity index (χ2v) is 3.35. The minimum atomic E-state index is -1.81. The maximum absolute atomic E-state index is 9.41. The van der Waals surface area contributed by atoms with Gasteiger partial charge in [0.2, 0.25) is 0 Å². The molecular formula is C7H14O5. The van der Waals surface area contributed by atoms with Crippen LogP contribution < -0.4 is 0 Å². The number of hydrogen-bond donors (Lipinski definition) is 4. The molecule has 1 aliphatic rings. The zero-order valence-corrected chi connectivity index (χ0v) is 7.01. The molecule has 0 saturated carbocycles. The van der Waals surface area contributed by atoms with Crippen molar-refractivity contribution in [2.24, 2.45) is 0 Å². The Labute approximate surface area is 70.2 Å². The van der Waals surface area contributed by atoms with Gasteiger partial charge in [-0.2, -0.15) is 0 Å². The molecule has 0 radical (unpaired) electrons. The molecule has 0 aromatic carbocycles. The highest BCUT2D eigenvalue weighted by Crippen LogP contribution is 2.27. The molecule has 0 spiro atoms. The van der Waals surface area contributed by atoms with Gasteiger partial charge in [0.1, 0.15) is 17.8 Å². The summed E-state index contributed by atoms with van der Waals surface area (Å²) < 4.78 is 4.78. The zero-order valence-electron chi connectivity index (χ0n) is 7.01. The van der Waals surface area contributed by atoms with E-state index >= 15 is 0 Å². The minimum absolute atomic E-state index is 0.685. The summed E-state index contributed by atoms with van der Waals surface area (Å²) in [6.07, 6.45) is -4.72. The molecule has 5 atom stereocenters. The summed E-state index contributed by atoms with van der Waals surface area (Å²) in [5.74, 6) is 0. The molecule has 1 saturated heterocycles. The van der Waals surface area contributed by atoms with Gasteiger partial charge >= 0.3 is 0 Å². The molecule has 0 bridgehead atoms. The van der Waals surface area contributed by atoms with Crippen molar-refractivity contribution in [2.45, 2.75) is 44.1 Å². The van der Waals surface area contributed by atoms with Gasteiger partial charge in [-0.15, -0.1) is 0 Å². The summed E-state index contributed by atoms with van der Waals surface area (Å²) in [5, 5.41) is 37.1. The van der Waals surface area contributed by atoms with E-state index in [4.69, 9.17) is 9.84 Å². The minimum Gasteiger partial charge on any atom is -0.388 e. The predicted octanol–water partition coefficient (Wildman–Crippen LogP) is -1.80. The topological polar surface area (TPSA) is 90.2 Å². The third-order valence-corrected chi connectivity index (χ3v) is 2.25. The summed E-state index contributed by atoms with van der Waals surface area (Å²) in [7, 11) is 0. The van der Waals surface area contributed by atoms with E-state index in [1.54, 1.807) is 0 Å². The van der Waals surface area contributed by atoms with E-state index in [1.165, 1.54) is 13.8 Å². The van der Waals surface area contributed by atoms with Gasteiger partial charge < -0.3 is 25.2 Å². The van der Waals surface area contributed by atoms with E-state index in [1.807, 2.05) is 0 Å². The van der Waals surface area contributed by atoms with E-state index in [9.17, 15) is 15.3 Å². The first-order valence-electron chi connectivity index (χ1n) is 3.79. The highest BCUT2D eigenvalue weighted by molar-refractivity contribution is 4.95. The second-order valence-electron chi connectivity index (χ2n) is 3.35. The van der Waals surface area contributed by atoms with Crippen molar-refractivity contribution < 1.29 is 25.2 Å². The normalized spacial score (nSPS) is 55.5. The number of hydrogen-bond acceptors (Lipinski definition) is 5. The molecule has 1 rings (SSSR count). The molecule has 72 valence electrons. The molecule has 1 heterocycles. The van der Waals surface area contributed by atoms with E-state index in [0.29, 0.717) is 0 Å². The molecule has 1 fully saturated rings. The molecule has 0 amide bonds. The van der Waals surface area contributed by atoms with Crippen LogP contribution in [-0.2, 0) is 4.74 Å². The van der Waals surface area contributed by atoms with Gasteiger partial charge in [-0.25, -0.2) is 0 Å². The Balaban J connectivity index is 2.80. The molecule has 0 unspecified atom stereocenters. The summed E-state index contributed by atoms with van der Waals surface area (Å²) in [6, 6.07) is 0. The summed E-state index contributed by atoms with van der Waals surface area (Å²) in [5.41, 5.74) is -1.81. The van der Waals surface area contributed by atoms with Crippen molar-refractivity contribution in [3.63, 3.8) is 0 Å². The van der Waals surface area contributed by atoms with Crippen LogP contribution >= 0.6 is 0 Å². The third-order valence-electron chi connectivity index (χ3n) is 2.25. The van der Waals surface area contributed by atoms with Crippen molar-refractivity contribution in [3.05, 3.63) is 0 Å². The lowest BCUT2D eigenvalue weighted by molar-refractivity contribution is -0.316. The van der Waals surface area contributed by atoms with E-state index in [2.05, 4.69) is 0 Å². The Hall–Kier alpha value is -0.200. The van der Waals surface area contributed by atoms with Crippen LogP contribution in [0.1, 0.15) is 13.8 Å². The van der Waals surface area contributed by atoms with Crippen LogP contribution in [0.2, 0.25) is 0 Å². The number of aliphatic hydroxyl groups is 4. The molecule has 5 nitrogen and oxygen atoms in total. The van der Waals surface area contributed by atoms with Crippen LogP contribution in [-0.4, -0.2) is 50.6 Å². The summed E-state index contributed by atoms with van der Waals surface area (Å²) >= 11 is 0. The van der Waals surface area contributed by atoms with Gasteiger partial charge in [0.15, 0.2) is 6.29 Å². The maximum atomic E-state index is 9.41. The Morgan fingerprint density at radius 2 is 1.75 bits per heavy atom. The predicted molar refractivity (Wildman–Crippen MR) is 39.2 cm³/mol. The molecule has 0 aliphatic carbocycles. The van der Waals surface area contributed by atoms with Crippen LogP contribution in [0, 0.1) is 0 Å². The second kappa shape index (κ2) is 2.93. The Kier molecular flexibility index (Phi) is 2.42. The molecule has 1 aliphatic heterocycles.